The molecule has 0 aliphatic heterocycles. The molecule has 0 heterocycles. The van der Waals surface area contributed by atoms with Gasteiger partial charge in [0.15, 0.2) is 0 Å². The fourth-order valence-corrected chi connectivity index (χ4v) is 9.41. The van der Waals surface area contributed by atoms with Gasteiger partial charge in [0.05, 0.1) is 25.4 Å². The van der Waals surface area contributed by atoms with Crippen molar-refractivity contribution >= 4 is 11.9 Å². The summed E-state index contributed by atoms with van der Waals surface area (Å²) >= 11 is 0. The Labute approximate surface area is 400 Å². The van der Waals surface area contributed by atoms with Crippen molar-refractivity contribution in [3.63, 3.8) is 0 Å². The van der Waals surface area contributed by atoms with Gasteiger partial charge in [0, 0.05) is 12.8 Å². The lowest BCUT2D eigenvalue weighted by Crippen LogP contribution is -2.45. The molecule has 382 valence electrons. The second-order valence-electron chi connectivity index (χ2n) is 20.3. The number of hydrogen-bond acceptors (Lipinski definition) is 5. The third kappa shape index (κ3) is 50.3. The first-order valence-electron chi connectivity index (χ1n) is 29.3. The Hall–Kier alpha value is -1.14. The Morgan fingerprint density at radius 2 is 0.641 bits per heavy atom. The molecule has 0 aromatic carbocycles. The molecule has 64 heavy (non-hydrogen) atoms. The van der Waals surface area contributed by atoms with E-state index in [0.717, 1.165) is 38.5 Å². The molecule has 0 fully saturated rings. The summed E-state index contributed by atoms with van der Waals surface area (Å²) in [5.41, 5.74) is 0. The lowest BCUT2D eigenvalue weighted by atomic mass is 10.0. The number of hydrogen-bond donors (Lipinski definition) is 3. The zero-order chi connectivity index (χ0) is 46.5. The van der Waals surface area contributed by atoms with Gasteiger partial charge in [-0.3, -0.25) is 9.59 Å². The number of unbranched alkanes of at least 4 members (excludes halogenated alkanes) is 44. The number of carbonyl (C=O) groups excluding carboxylic acids is 2. The Kier molecular flexibility index (Phi) is 53.5. The van der Waals surface area contributed by atoms with E-state index in [0.29, 0.717) is 25.9 Å². The Morgan fingerprint density at radius 1 is 0.375 bits per heavy atom. The van der Waals surface area contributed by atoms with Gasteiger partial charge >= 0.3 is 5.97 Å². The van der Waals surface area contributed by atoms with Crippen LogP contribution in [0, 0.1) is 0 Å². The average Bonchev–Trinajstić information content (AvgIpc) is 3.29. The standard InChI is InChI=1S/C58H115NO5/c1-3-5-7-9-11-13-15-16-17-21-25-28-32-36-40-44-48-52-58(63)64-53-49-45-41-37-33-29-26-23-20-18-19-22-24-27-31-35-39-43-47-51-57(62)59-55(54-60)56(61)50-46-42-38-34-30-14-12-10-8-6-4-2/h55-56,60-61H,3-54H2,1-2H3,(H,59,62). The van der Waals surface area contributed by atoms with E-state index in [1.54, 1.807) is 0 Å². The lowest BCUT2D eigenvalue weighted by molar-refractivity contribution is -0.143. The van der Waals surface area contributed by atoms with Crippen molar-refractivity contribution in [2.75, 3.05) is 13.2 Å². The van der Waals surface area contributed by atoms with Gasteiger partial charge in [-0.15, -0.1) is 0 Å². The summed E-state index contributed by atoms with van der Waals surface area (Å²) < 4.78 is 5.49. The predicted octanol–water partition coefficient (Wildman–Crippen LogP) is 17.9. The van der Waals surface area contributed by atoms with Gasteiger partial charge < -0.3 is 20.3 Å². The second-order valence-corrected chi connectivity index (χ2v) is 20.3. The van der Waals surface area contributed by atoms with E-state index < -0.39 is 12.1 Å². The van der Waals surface area contributed by atoms with Crippen LogP contribution in [0.3, 0.4) is 0 Å². The van der Waals surface area contributed by atoms with Gasteiger partial charge in [-0.05, 0) is 25.7 Å². The van der Waals surface area contributed by atoms with Crippen LogP contribution in [0.25, 0.3) is 0 Å². The Morgan fingerprint density at radius 3 is 0.953 bits per heavy atom. The third-order valence-corrected chi connectivity index (χ3v) is 13.9. The summed E-state index contributed by atoms with van der Waals surface area (Å²) in [6, 6.07) is -0.541. The first-order valence-corrected chi connectivity index (χ1v) is 29.3. The third-order valence-electron chi connectivity index (χ3n) is 13.9. The highest BCUT2D eigenvalue weighted by atomic mass is 16.5. The van der Waals surface area contributed by atoms with Crippen molar-refractivity contribution in [1.29, 1.82) is 0 Å². The molecule has 0 spiro atoms. The highest BCUT2D eigenvalue weighted by molar-refractivity contribution is 5.76. The van der Waals surface area contributed by atoms with Crippen molar-refractivity contribution < 1.29 is 24.5 Å². The van der Waals surface area contributed by atoms with Gasteiger partial charge in [-0.2, -0.15) is 0 Å². The SMILES string of the molecule is CCCCCCCCCCCCCCCCCCCC(=O)OCCCCCCCCCCCCCCCCCCCCCC(=O)NC(CO)C(O)CCCCCCCCCCCCC. The van der Waals surface area contributed by atoms with E-state index >= 15 is 0 Å². The topological polar surface area (TPSA) is 95.9 Å². The molecule has 2 unspecified atom stereocenters. The van der Waals surface area contributed by atoms with Gasteiger partial charge in [0.25, 0.3) is 0 Å². The first-order chi connectivity index (χ1) is 31.5. The van der Waals surface area contributed by atoms with Crippen LogP contribution in [-0.2, 0) is 14.3 Å². The maximum absolute atomic E-state index is 12.4. The minimum Gasteiger partial charge on any atom is -0.466 e. The highest BCUT2D eigenvalue weighted by Gasteiger charge is 2.20. The van der Waals surface area contributed by atoms with Crippen LogP contribution in [-0.4, -0.2) is 47.4 Å². The summed E-state index contributed by atoms with van der Waals surface area (Å²) in [7, 11) is 0. The Balaban J connectivity index is 3.35. The van der Waals surface area contributed by atoms with Gasteiger partial charge in [0.1, 0.15) is 0 Å². The van der Waals surface area contributed by atoms with Crippen molar-refractivity contribution in [2.24, 2.45) is 0 Å². The summed E-state index contributed by atoms with van der Waals surface area (Å²) in [6.07, 6.45) is 62.4. The van der Waals surface area contributed by atoms with Crippen LogP contribution in [0.5, 0.6) is 0 Å². The molecule has 0 aromatic heterocycles. The zero-order valence-electron chi connectivity index (χ0n) is 43.5. The monoisotopic (exact) mass is 906 g/mol. The molecule has 0 aliphatic rings. The molecule has 0 aromatic rings. The maximum Gasteiger partial charge on any atom is 0.305 e. The van der Waals surface area contributed by atoms with Crippen LogP contribution in [0.2, 0.25) is 0 Å². The number of aliphatic hydroxyl groups is 2. The molecular formula is C58H115NO5. The van der Waals surface area contributed by atoms with Crippen LogP contribution < -0.4 is 5.32 Å². The zero-order valence-corrected chi connectivity index (χ0v) is 43.5. The number of nitrogens with one attached hydrogen (secondary N) is 1. The minimum atomic E-state index is -0.663. The van der Waals surface area contributed by atoms with E-state index in [1.165, 1.54) is 263 Å². The number of rotatable bonds is 55. The van der Waals surface area contributed by atoms with E-state index in [-0.39, 0.29) is 18.5 Å². The number of ether oxygens (including phenoxy) is 1. The molecule has 0 aliphatic carbocycles. The van der Waals surface area contributed by atoms with E-state index in [4.69, 9.17) is 4.74 Å². The minimum absolute atomic E-state index is 0.0137. The molecular weight excluding hydrogens is 791 g/mol. The molecule has 6 nitrogen and oxygen atoms in total. The van der Waals surface area contributed by atoms with Crippen molar-refractivity contribution in [3.05, 3.63) is 0 Å². The van der Waals surface area contributed by atoms with Crippen molar-refractivity contribution in [3.8, 4) is 0 Å². The number of esters is 1. The molecule has 0 bridgehead atoms. The molecule has 0 saturated heterocycles. The van der Waals surface area contributed by atoms with Crippen LogP contribution >= 0.6 is 0 Å². The quantitative estimate of drug-likeness (QED) is 0.0417. The smallest absolute Gasteiger partial charge is 0.305 e. The number of carbonyl (C=O) groups is 2. The number of aliphatic hydroxyl groups excluding tert-OH is 2. The molecule has 0 saturated carbocycles. The number of amides is 1. The summed E-state index contributed by atoms with van der Waals surface area (Å²) in [5, 5.41) is 23.2. The molecule has 1 amide bonds. The van der Waals surface area contributed by atoms with Crippen LogP contribution in [0.1, 0.15) is 335 Å². The Bertz CT molecular complexity index is 913. The lowest BCUT2D eigenvalue weighted by Gasteiger charge is -2.22. The highest BCUT2D eigenvalue weighted by Crippen LogP contribution is 2.18. The van der Waals surface area contributed by atoms with Gasteiger partial charge in [-0.25, -0.2) is 0 Å². The predicted molar refractivity (Wildman–Crippen MR) is 278 cm³/mol. The molecule has 3 N–H and O–H groups in total. The molecule has 6 heteroatoms. The van der Waals surface area contributed by atoms with E-state index in [9.17, 15) is 19.8 Å². The maximum atomic E-state index is 12.4. The summed E-state index contributed by atoms with van der Waals surface area (Å²) in [5.74, 6) is -0.0232. The van der Waals surface area contributed by atoms with E-state index in [2.05, 4.69) is 19.2 Å². The largest absolute Gasteiger partial charge is 0.466 e. The van der Waals surface area contributed by atoms with Crippen LogP contribution in [0.15, 0.2) is 0 Å². The van der Waals surface area contributed by atoms with Crippen molar-refractivity contribution in [1.82, 2.24) is 5.32 Å². The second kappa shape index (κ2) is 54.5. The average molecular weight is 907 g/mol. The fourth-order valence-electron chi connectivity index (χ4n) is 9.41. The molecule has 0 radical (unpaired) electrons. The molecule has 2 atom stereocenters. The molecule has 0 rings (SSSR count). The van der Waals surface area contributed by atoms with Gasteiger partial charge in [-0.1, -0.05) is 296 Å². The summed E-state index contributed by atoms with van der Waals surface area (Å²) in [6.45, 7) is 4.96. The van der Waals surface area contributed by atoms with Gasteiger partial charge in [0.2, 0.25) is 5.91 Å². The van der Waals surface area contributed by atoms with E-state index in [1.807, 2.05) is 0 Å². The summed E-state index contributed by atoms with van der Waals surface area (Å²) in [4.78, 5) is 24.5. The normalized spacial score (nSPS) is 12.5. The van der Waals surface area contributed by atoms with Crippen molar-refractivity contribution in [2.45, 2.75) is 347 Å². The first kappa shape index (κ1) is 62.9. The van der Waals surface area contributed by atoms with Crippen LogP contribution in [0.4, 0.5) is 0 Å². The fraction of sp³-hybridized carbons (Fsp3) is 0.966.